The second-order valence-electron chi connectivity index (χ2n) is 6.08. The molecule has 0 bridgehead atoms. The maximum Gasteiger partial charge on any atom is 0.410 e. The zero-order valence-electron chi connectivity index (χ0n) is 11.7. The molecule has 0 N–H and O–H groups in total. The van der Waals surface area contributed by atoms with Crippen molar-refractivity contribution in [2.24, 2.45) is 0 Å². The van der Waals surface area contributed by atoms with E-state index in [4.69, 9.17) is 4.74 Å². The highest BCUT2D eigenvalue weighted by molar-refractivity contribution is 5.68. The van der Waals surface area contributed by atoms with Crippen LogP contribution in [0.1, 0.15) is 40.0 Å². The summed E-state index contributed by atoms with van der Waals surface area (Å²) in [6, 6.07) is 0. The van der Waals surface area contributed by atoms with Crippen molar-refractivity contribution in [3.8, 4) is 0 Å². The van der Waals surface area contributed by atoms with Gasteiger partial charge in [-0.05, 0) is 40.0 Å². The molecule has 1 fully saturated rings. The van der Waals surface area contributed by atoms with E-state index in [-0.39, 0.29) is 6.09 Å². The van der Waals surface area contributed by atoms with Crippen molar-refractivity contribution in [1.82, 2.24) is 9.80 Å². The van der Waals surface area contributed by atoms with Crippen LogP contribution in [-0.4, -0.2) is 47.7 Å². The van der Waals surface area contributed by atoms with Gasteiger partial charge in [-0.2, -0.15) is 0 Å². The molecule has 0 unspecified atom stereocenters. The molecule has 0 radical (unpaired) electrons. The van der Waals surface area contributed by atoms with E-state index in [2.05, 4.69) is 11.0 Å². The van der Waals surface area contributed by atoms with Crippen LogP contribution in [0.15, 0.2) is 11.8 Å². The molecular weight excluding hydrogens is 228 g/mol. The lowest BCUT2D eigenvalue weighted by Gasteiger charge is -2.33. The van der Waals surface area contributed by atoms with E-state index in [1.807, 2.05) is 25.7 Å². The Bertz CT molecular complexity index is 338. The number of nitrogens with zero attached hydrogens (tertiary/aromatic N) is 2. The first-order valence-corrected chi connectivity index (χ1v) is 6.87. The number of rotatable bonds is 1. The first-order chi connectivity index (χ1) is 8.46. The summed E-state index contributed by atoms with van der Waals surface area (Å²) in [6.07, 6.45) is 5.55. The SMILES string of the molecule is CC(C)(C)OC(=O)N1CCC=C(N2CCCC2)C1. The average molecular weight is 252 g/mol. The number of carbonyl (C=O) groups is 1. The van der Waals surface area contributed by atoms with Crippen molar-refractivity contribution in [2.45, 2.75) is 45.6 Å². The summed E-state index contributed by atoms with van der Waals surface area (Å²) in [5.41, 5.74) is 0.885. The minimum absolute atomic E-state index is 0.188. The van der Waals surface area contributed by atoms with Gasteiger partial charge in [0, 0.05) is 25.3 Å². The zero-order chi connectivity index (χ0) is 13.2. The van der Waals surface area contributed by atoms with Crippen LogP contribution in [0.25, 0.3) is 0 Å². The fourth-order valence-corrected chi connectivity index (χ4v) is 2.44. The summed E-state index contributed by atoms with van der Waals surface area (Å²) in [6.45, 7) is 9.47. The van der Waals surface area contributed by atoms with E-state index in [0.29, 0.717) is 6.54 Å². The number of amides is 1. The van der Waals surface area contributed by atoms with Gasteiger partial charge in [0.25, 0.3) is 0 Å². The fourth-order valence-electron chi connectivity index (χ4n) is 2.44. The minimum Gasteiger partial charge on any atom is -0.444 e. The Balaban J connectivity index is 1.92. The first kappa shape index (κ1) is 13.2. The van der Waals surface area contributed by atoms with Gasteiger partial charge in [0.15, 0.2) is 0 Å². The molecule has 2 aliphatic heterocycles. The van der Waals surface area contributed by atoms with Gasteiger partial charge < -0.3 is 14.5 Å². The third-order valence-electron chi connectivity index (χ3n) is 3.30. The van der Waals surface area contributed by atoms with Crippen LogP contribution in [0, 0.1) is 0 Å². The molecule has 102 valence electrons. The number of hydrogen-bond donors (Lipinski definition) is 0. The molecule has 4 nitrogen and oxygen atoms in total. The Labute approximate surface area is 110 Å². The number of likely N-dealkylation sites (tertiary alicyclic amines) is 1. The Kier molecular flexibility index (Phi) is 3.83. The highest BCUT2D eigenvalue weighted by Crippen LogP contribution is 2.21. The summed E-state index contributed by atoms with van der Waals surface area (Å²) in [4.78, 5) is 16.2. The maximum absolute atomic E-state index is 12.0. The van der Waals surface area contributed by atoms with Gasteiger partial charge in [0.1, 0.15) is 5.60 Å². The van der Waals surface area contributed by atoms with Gasteiger partial charge in [0.05, 0.1) is 6.54 Å². The van der Waals surface area contributed by atoms with E-state index in [0.717, 1.165) is 26.1 Å². The van der Waals surface area contributed by atoms with Crippen molar-refractivity contribution in [3.63, 3.8) is 0 Å². The molecule has 1 saturated heterocycles. The van der Waals surface area contributed by atoms with E-state index in [9.17, 15) is 4.79 Å². The highest BCUT2D eigenvalue weighted by Gasteiger charge is 2.26. The van der Waals surface area contributed by atoms with Crippen molar-refractivity contribution >= 4 is 6.09 Å². The molecule has 0 saturated carbocycles. The number of hydrogen-bond acceptors (Lipinski definition) is 3. The van der Waals surface area contributed by atoms with Crippen LogP contribution < -0.4 is 0 Å². The van der Waals surface area contributed by atoms with Crippen molar-refractivity contribution in [1.29, 1.82) is 0 Å². The molecule has 0 aromatic rings. The average Bonchev–Trinajstić information content (AvgIpc) is 2.80. The molecule has 2 rings (SSSR count). The van der Waals surface area contributed by atoms with E-state index in [1.165, 1.54) is 18.5 Å². The van der Waals surface area contributed by atoms with Gasteiger partial charge in [0.2, 0.25) is 0 Å². The standard InChI is InChI=1S/C14H24N2O2/c1-14(2,3)18-13(17)16-10-6-7-12(11-16)15-8-4-5-9-15/h7H,4-6,8-11H2,1-3H3. The van der Waals surface area contributed by atoms with E-state index >= 15 is 0 Å². The fraction of sp³-hybridized carbons (Fsp3) is 0.786. The van der Waals surface area contributed by atoms with Gasteiger partial charge >= 0.3 is 6.09 Å². The molecule has 4 heteroatoms. The predicted octanol–water partition coefficient (Wildman–Crippen LogP) is 2.61. The van der Waals surface area contributed by atoms with Crippen LogP contribution in [0.3, 0.4) is 0 Å². The Morgan fingerprint density at radius 2 is 1.89 bits per heavy atom. The lowest BCUT2D eigenvalue weighted by atomic mass is 10.2. The van der Waals surface area contributed by atoms with Gasteiger partial charge in [-0.3, -0.25) is 0 Å². The van der Waals surface area contributed by atoms with Crippen LogP contribution in [-0.2, 0) is 4.74 Å². The normalized spacial score (nSPS) is 20.9. The Morgan fingerprint density at radius 1 is 1.22 bits per heavy atom. The van der Waals surface area contributed by atoms with Crippen LogP contribution in [0.2, 0.25) is 0 Å². The second-order valence-corrected chi connectivity index (χ2v) is 6.08. The number of ether oxygens (including phenoxy) is 1. The van der Waals surface area contributed by atoms with E-state index in [1.54, 1.807) is 0 Å². The Morgan fingerprint density at radius 3 is 2.50 bits per heavy atom. The molecular formula is C14H24N2O2. The summed E-state index contributed by atoms with van der Waals surface area (Å²) in [7, 11) is 0. The lowest BCUT2D eigenvalue weighted by Crippen LogP contribution is -2.42. The van der Waals surface area contributed by atoms with Crippen molar-refractivity contribution in [2.75, 3.05) is 26.2 Å². The van der Waals surface area contributed by atoms with Gasteiger partial charge in [-0.15, -0.1) is 0 Å². The highest BCUT2D eigenvalue weighted by atomic mass is 16.6. The molecule has 0 aliphatic carbocycles. The molecule has 0 aromatic heterocycles. The van der Waals surface area contributed by atoms with Crippen LogP contribution in [0.4, 0.5) is 4.79 Å². The van der Waals surface area contributed by atoms with E-state index < -0.39 is 5.60 Å². The van der Waals surface area contributed by atoms with Crippen molar-refractivity contribution < 1.29 is 9.53 Å². The second kappa shape index (κ2) is 5.21. The zero-order valence-corrected chi connectivity index (χ0v) is 11.7. The third kappa shape index (κ3) is 3.40. The first-order valence-electron chi connectivity index (χ1n) is 6.87. The molecule has 2 heterocycles. The summed E-state index contributed by atoms with van der Waals surface area (Å²) in [5, 5.41) is 0. The smallest absolute Gasteiger partial charge is 0.410 e. The van der Waals surface area contributed by atoms with Crippen molar-refractivity contribution in [3.05, 3.63) is 11.8 Å². The summed E-state index contributed by atoms with van der Waals surface area (Å²) < 4.78 is 5.43. The Hall–Kier alpha value is -1.19. The quantitative estimate of drug-likeness (QED) is 0.719. The predicted molar refractivity (Wildman–Crippen MR) is 71.3 cm³/mol. The summed E-state index contributed by atoms with van der Waals surface area (Å²) >= 11 is 0. The molecule has 18 heavy (non-hydrogen) atoms. The molecule has 0 spiro atoms. The third-order valence-corrected chi connectivity index (χ3v) is 3.30. The topological polar surface area (TPSA) is 32.8 Å². The lowest BCUT2D eigenvalue weighted by molar-refractivity contribution is 0.0249. The molecule has 1 amide bonds. The van der Waals surface area contributed by atoms with Crippen LogP contribution in [0.5, 0.6) is 0 Å². The largest absolute Gasteiger partial charge is 0.444 e. The monoisotopic (exact) mass is 252 g/mol. The van der Waals surface area contributed by atoms with Gasteiger partial charge in [-0.1, -0.05) is 6.08 Å². The summed E-state index contributed by atoms with van der Waals surface area (Å²) in [5.74, 6) is 0. The van der Waals surface area contributed by atoms with Crippen LogP contribution >= 0.6 is 0 Å². The maximum atomic E-state index is 12.0. The number of carbonyl (C=O) groups excluding carboxylic acids is 1. The molecule has 0 aromatic carbocycles. The molecule has 0 atom stereocenters. The molecule has 2 aliphatic rings. The van der Waals surface area contributed by atoms with Gasteiger partial charge in [-0.25, -0.2) is 4.79 Å². The minimum atomic E-state index is -0.411.